The molecule has 8 nitrogen and oxygen atoms in total. The zero-order valence-electron chi connectivity index (χ0n) is 23.6. The van der Waals surface area contributed by atoms with Gasteiger partial charge in [0.1, 0.15) is 0 Å². The third kappa shape index (κ3) is 4.66. The first kappa shape index (κ1) is 27.0. The Bertz CT molecular complexity index is 1140. The monoisotopic (exact) mass is 538 g/mol. The molecule has 4 N–H and O–H groups in total. The summed E-state index contributed by atoms with van der Waals surface area (Å²) in [4.78, 5) is 26.6. The molecule has 3 saturated carbocycles. The summed E-state index contributed by atoms with van der Waals surface area (Å²) in [5.74, 6) is 0.941. The fourth-order valence-corrected chi connectivity index (χ4v) is 9.39. The number of carbonyl (C=O) groups excluding carboxylic acids is 1. The summed E-state index contributed by atoms with van der Waals surface area (Å²) >= 11 is 0. The lowest BCUT2D eigenvalue weighted by atomic mass is 9.45. The van der Waals surface area contributed by atoms with E-state index < -0.39 is 5.60 Å². The Balaban J connectivity index is 1.11. The van der Waals surface area contributed by atoms with Crippen molar-refractivity contribution in [2.75, 3.05) is 39.3 Å². The highest BCUT2D eigenvalue weighted by atomic mass is 16.4. The number of piperazine rings is 1. The molecule has 1 aromatic rings. The minimum atomic E-state index is -0.704. The first-order chi connectivity index (χ1) is 18.7. The van der Waals surface area contributed by atoms with Gasteiger partial charge in [0.05, 0.1) is 11.9 Å². The molecule has 6 rings (SSSR count). The van der Waals surface area contributed by atoms with Crippen molar-refractivity contribution in [1.82, 2.24) is 20.9 Å². The van der Waals surface area contributed by atoms with Crippen molar-refractivity contribution in [3.8, 4) is 0 Å². The number of hydrogen-bond donors (Lipinski definition) is 4. The second-order valence-corrected chi connectivity index (χ2v) is 13.4. The van der Waals surface area contributed by atoms with Crippen LogP contribution in [0.25, 0.3) is 0 Å². The molecular formula is C31H46N4O4. The van der Waals surface area contributed by atoms with Crippen LogP contribution in [-0.4, -0.2) is 66.9 Å². The van der Waals surface area contributed by atoms with Crippen molar-refractivity contribution in [2.45, 2.75) is 82.8 Å². The van der Waals surface area contributed by atoms with Crippen LogP contribution in [0.5, 0.6) is 0 Å². The molecule has 2 amide bonds. The Hall–Kier alpha value is -2.16. The summed E-state index contributed by atoms with van der Waals surface area (Å²) in [5, 5.41) is 22.1. The van der Waals surface area contributed by atoms with Crippen molar-refractivity contribution in [3.05, 3.63) is 46.0 Å². The maximum Gasteiger partial charge on any atom is 0.335 e. The van der Waals surface area contributed by atoms with Gasteiger partial charge in [0.2, 0.25) is 0 Å². The maximum atomic E-state index is 12.7. The molecular weight excluding hydrogens is 492 g/mol. The minimum Gasteiger partial charge on any atom is -0.431 e. The average Bonchev–Trinajstić information content (AvgIpc) is 3.21. The lowest BCUT2D eigenvalue weighted by molar-refractivity contribution is -0.177. The highest BCUT2D eigenvalue weighted by Crippen LogP contribution is 2.70. The van der Waals surface area contributed by atoms with E-state index in [1.807, 2.05) is 6.07 Å². The van der Waals surface area contributed by atoms with Gasteiger partial charge in [-0.15, -0.1) is 0 Å². The van der Waals surface area contributed by atoms with Crippen molar-refractivity contribution in [1.29, 1.82) is 0 Å². The molecule has 1 aliphatic heterocycles. The van der Waals surface area contributed by atoms with Gasteiger partial charge in [-0.3, -0.25) is 4.90 Å². The third-order valence-electron chi connectivity index (χ3n) is 11.7. The molecule has 8 heteroatoms. The zero-order valence-corrected chi connectivity index (χ0v) is 23.6. The van der Waals surface area contributed by atoms with Crippen molar-refractivity contribution < 1.29 is 14.3 Å². The minimum absolute atomic E-state index is 0.0687. The normalized spacial score (nSPS) is 40.1. The summed E-state index contributed by atoms with van der Waals surface area (Å²) in [7, 11) is 0. The molecule has 4 fully saturated rings. The Morgan fingerprint density at radius 3 is 2.69 bits per heavy atom. The van der Waals surface area contributed by atoms with Gasteiger partial charge in [0.25, 0.3) is 0 Å². The molecule has 0 aromatic carbocycles. The predicted molar refractivity (Wildman–Crippen MR) is 151 cm³/mol. The summed E-state index contributed by atoms with van der Waals surface area (Å²) in [6.45, 7) is 10.4. The van der Waals surface area contributed by atoms with Gasteiger partial charge in [0.15, 0.2) is 0 Å². The molecule has 2 heterocycles. The lowest BCUT2D eigenvalue weighted by Crippen LogP contribution is -2.60. The van der Waals surface area contributed by atoms with Crippen molar-refractivity contribution >= 4 is 6.03 Å². The van der Waals surface area contributed by atoms with Gasteiger partial charge in [-0.05, 0) is 86.2 Å². The van der Waals surface area contributed by atoms with E-state index in [0.717, 1.165) is 89.7 Å². The standard InChI is InChI=1S/C31H46N4O4/c1-29-10-7-23(34-28(37)33-15-18-35-16-13-32-14-17-35)19-22(29)4-5-26-25(29)8-11-30(2)24(9-12-31(26,30)38)21-3-6-27(36)39-20-21/h3,6,19-20,23-26,32,38H,4-5,7-18H2,1-2H3,(H2,33,34,37)/t23-,24+,25-,26+,29-,30+,31-/m0/s1. The lowest BCUT2D eigenvalue weighted by Gasteiger charge is -2.62. The number of rotatable bonds is 5. The number of aliphatic hydroxyl groups is 1. The van der Waals surface area contributed by atoms with Crippen LogP contribution in [0.2, 0.25) is 0 Å². The zero-order chi connectivity index (χ0) is 27.3. The molecule has 0 spiro atoms. The van der Waals surface area contributed by atoms with Crippen LogP contribution in [0.3, 0.4) is 0 Å². The second kappa shape index (κ2) is 10.3. The second-order valence-electron chi connectivity index (χ2n) is 13.4. The average molecular weight is 539 g/mol. The Morgan fingerprint density at radius 1 is 1.10 bits per heavy atom. The molecule has 7 atom stereocenters. The van der Waals surface area contributed by atoms with Crippen LogP contribution in [0.4, 0.5) is 4.79 Å². The Labute approximate surface area is 232 Å². The quantitative estimate of drug-likeness (QED) is 0.429. The summed E-state index contributed by atoms with van der Waals surface area (Å²) < 4.78 is 5.23. The number of fused-ring (bicyclic) bond motifs is 5. The van der Waals surface area contributed by atoms with Crippen molar-refractivity contribution in [3.63, 3.8) is 0 Å². The number of carbonyl (C=O) groups is 1. The topological polar surface area (TPSA) is 107 Å². The molecule has 39 heavy (non-hydrogen) atoms. The number of urea groups is 1. The number of hydrogen-bond acceptors (Lipinski definition) is 6. The Morgan fingerprint density at radius 2 is 1.92 bits per heavy atom. The number of amides is 2. The van der Waals surface area contributed by atoms with Crippen LogP contribution in [0, 0.1) is 22.7 Å². The van der Waals surface area contributed by atoms with Crippen LogP contribution in [0.15, 0.2) is 39.3 Å². The fourth-order valence-electron chi connectivity index (χ4n) is 9.39. The molecule has 0 bridgehead atoms. The van der Waals surface area contributed by atoms with Crippen LogP contribution >= 0.6 is 0 Å². The third-order valence-corrected chi connectivity index (χ3v) is 11.7. The molecule has 0 radical (unpaired) electrons. The van der Waals surface area contributed by atoms with E-state index in [1.165, 1.54) is 11.6 Å². The van der Waals surface area contributed by atoms with E-state index in [4.69, 9.17) is 4.42 Å². The van der Waals surface area contributed by atoms with Crippen LogP contribution in [-0.2, 0) is 0 Å². The molecule has 0 unspecified atom stereocenters. The van der Waals surface area contributed by atoms with Gasteiger partial charge in [-0.25, -0.2) is 9.59 Å². The first-order valence-electron chi connectivity index (χ1n) is 15.2. The highest BCUT2D eigenvalue weighted by molar-refractivity contribution is 5.74. The van der Waals surface area contributed by atoms with Crippen LogP contribution < -0.4 is 21.6 Å². The van der Waals surface area contributed by atoms with Gasteiger partial charge in [-0.1, -0.05) is 25.5 Å². The van der Waals surface area contributed by atoms with Gasteiger partial charge < -0.3 is 25.5 Å². The number of nitrogens with zero attached hydrogens (tertiary/aromatic N) is 1. The fraction of sp³-hybridized carbons (Fsp3) is 0.742. The number of nitrogens with one attached hydrogen (secondary N) is 3. The molecule has 4 aliphatic carbocycles. The van der Waals surface area contributed by atoms with E-state index in [-0.39, 0.29) is 40.4 Å². The van der Waals surface area contributed by atoms with E-state index in [0.29, 0.717) is 12.5 Å². The molecule has 1 aromatic heterocycles. The van der Waals surface area contributed by atoms with Gasteiger partial charge in [0, 0.05) is 56.8 Å². The van der Waals surface area contributed by atoms with Gasteiger partial charge >= 0.3 is 11.7 Å². The highest BCUT2D eigenvalue weighted by Gasteiger charge is 2.66. The van der Waals surface area contributed by atoms with Gasteiger partial charge in [-0.2, -0.15) is 0 Å². The maximum absolute atomic E-state index is 12.7. The van der Waals surface area contributed by atoms with E-state index in [9.17, 15) is 14.7 Å². The molecule has 1 saturated heterocycles. The van der Waals surface area contributed by atoms with E-state index in [2.05, 4.69) is 40.8 Å². The first-order valence-corrected chi connectivity index (χ1v) is 15.2. The SMILES string of the molecule is C[C@]12CC[C@H](NC(=O)NCCN3CCNCC3)C=C1CC[C@@H]1[C@@H]2CC[C@]2(C)[C@@H](c3ccc(=O)oc3)CC[C@]12O. The summed E-state index contributed by atoms with van der Waals surface area (Å²) in [6.07, 6.45) is 11.8. The van der Waals surface area contributed by atoms with Crippen LogP contribution in [0.1, 0.15) is 76.7 Å². The summed E-state index contributed by atoms with van der Waals surface area (Å²) in [5.41, 5.74) is 1.37. The summed E-state index contributed by atoms with van der Waals surface area (Å²) in [6, 6.07) is 3.42. The van der Waals surface area contributed by atoms with E-state index >= 15 is 0 Å². The molecule has 5 aliphatic rings. The smallest absolute Gasteiger partial charge is 0.335 e. The largest absolute Gasteiger partial charge is 0.431 e. The van der Waals surface area contributed by atoms with Crippen molar-refractivity contribution in [2.24, 2.45) is 22.7 Å². The van der Waals surface area contributed by atoms with E-state index in [1.54, 1.807) is 6.26 Å². The predicted octanol–water partition coefficient (Wildman–Crippen LogP) is 3.37. The molecule has 214 valence electrons. The number of allylic oxidation sites excluding steroid dienone is 1. The Kier molecular flexibility index (Phi) is 7.17.